The summed E-state index contributed by atoms with van der Waals surface area (Å²) in [5, 5.41) is 5.82. The van der Waals surface area contributed by atoms with Crippen molar-refractivity contribution in [2.45, 2.75) is 0 Å². The molecule has 0 spiro atoms. The summed E-state index contributed by atoms with van der Waals surface area (Å²) in [5.74, 6) is 0. The molecule has 100 valence electrons. The minimum absolute atomic E-state index is 0.0563. The van der Waals surface area contributed by atoms with Crippen molar-refractivity contribution in [1.82, 2.24) is 9.47 Å². The Morgan fingerprint density at radius 1 is 1.26 bits per heavy atom. The van der Waals surface area contributed by atoms with E-state index >= 15 is 0 Å². The number of morpholine rings is 1. The Morgan fingerprint density at radius 2 is 2.00 bits per heavy atom. The van der Waals surface area contributed by atoms with Gasteiger partial charge in [0.1, 0.15) is 5.00 Å². The van der Waals surface area contributed by atoms with Crippen molar-refractivity contribution in [3.63, 3.8) is 0 Å². The quantitative estimate of drug-likeness (QED) is 0.916. The van der Waals surface area contributed by atoms with Crippen LogP contribution in [0.1, 0.15) is 0 Å². The average molecular weight is 277 g/mol. The van der Waals surface area contributed by atoms with Gasteiger partial charge in [-0.25, -0.2) is 4.79 Å². The smallest absolute Gasteiger partial charge is 0.322 e. The standard InChI is InChI=1S/C13H15N3O2S/c17-13(16-6-8-18-9-7-16)14-12-11(3-10-19-12)15-4-1-2-5-15/h1-5,10H,6-9H2,(H,14,17). The first-order valence-corrected chi connectivity index (χ1v) is 7.07. The summed E-state index contributed by atoms with van der Waals surface area (Å²) >= 11 is 1.53. The number of carbonyl (C=O) groups is 1. The molecular weight excluding hydrogens is 262 g/mol. The summed E-state index contributed by atoms with van der Waals surface area (Å²) in [5.41, 5.74) is 0.997. The number of aromatic nitrogens is 1. The van der Waals surface area contributed by atoms with Gasteiger partial charge >= 0.3 is 6.03 Å². The van der Waals surface area contributed by atoms with Gasteiger partial charge in [0, 0.05) is 25.5 Å². The molecule has 1 aliphatic heterocycles. The van der Waals surface area contributed by atoms with Crippen molar-refractivity contribution in [3.8, 4) is 5.69 Å². The number of urea groups is 1. The van der Waals surface area contributed by atoms with E-state index < -0.39 is 0 Å². The number of thiophene rings is 1. The number of hydrogen-bond acceptors (Lipinski definition) is 3. The number of anilines is 1. The molecule has 1 saturated heterocycles. The molecule has 0 aromatic carbocycles. The summed E-state index contributed by atoms with van der Waals surface area (Å²) in [7, 11) is 0. The van der Waals surface area contributed by atoms with Crippen LogP contribution < -0.4 is 5.32 Å². The molecule has 5 nitrogen and oxygen atoms in total. The minimum Gasteiger partial charge on any atom is -0.378 e. The lowest BCUT2D eigenvalue weighted by molar-refractivity contribution is 0.0565. The van der Waals surface area contributed by atoms with Gasteiger partial charge in [-0.2, -0.15) is 0 Å². The topological polar surface area (TPSA) is 46.5 Å². The third kappa shape index (κ3) is 2.64. The van der Waals surface area contributed by atoms with E-state index in [0.717, 1.165) is 10.7 Å². The highest BCUT2D eigenvalue weighted by Gasteiger charge is 2.18. The molecule has 0 unspecified atom stereocenters. The Morgan fingerprint density at radius 3 is 2.74 bits per heavy atom. The molecule has 0 saturated carbocycles. The van der Waals surface area contributed by atoms with Crippen molar-refractivity contribution in [3.05, 3.63) is 36.0 Å². The number of rotatable bonds is 2. The second-order valence-electron chi connectivity index (χ2n) is 4.25. The zero-order valence-electron chi connectivity index (χ0n) is 10.4. The molecular formula is C13H15N3O2S. The van der Waals surface area contributed by atoms with E-state index in [9.17, 15) is 4.79 Å². The molecule has 6 heteroatoms. The summed E-state index contributed by atoms with van der Waals surface area (Å²) < 4.78 is 7.24. The van der Waals surface area contributed by atoms with E-state index in [2.05, 4.69) is 5.32 Å². The van der Waals surface area contributed by atoms with Gasteiger partial charge < -0.3 is 14.2 Å². The number of ether oxygens (including phenoxy) is 1. The fraction of sp³-hybridized carbons (Fsp3) is 0.308. The Balaban J connectivity index is 1.73. The Kier molecular flexibility index (Phi) is 3.52. The maximum atomic E-state index is 12.1. The van der Waals surface area contributed by atoms with E-state index in [1.54, 1.807) is 4.90 Å². The third-order valence-electron chi connectivity index (χ3n) is 3.05. The maximum Gasteiger partial charge on any atom is 0.322 e. The van der Waals surface area contributed by atoms with Crippen LogP contribution in [-0.2, 0) is 4.74 Å². The molecule has 0 atom stereocenters. The second kappa shape index (κ2) is 5.46. The lowest BCUT2D eigenvalue weighted by Gasteiger charge is -2.26. The van der Waals surface area contributed by atoms with Gasteiger partial charge in [0.25, 0.3) is 0 Å². The van der Waals surface area contributed by atoms with Crippen LogP contribution in [0.5, 0.6) is 0 Å². The number of nitrogens with one attached hydrogen (secondary N) is 1. The van der Waals surface area contributed by atoms with Crippen LogP contribution >= 0.6 is 11.3 Å². The van der Waals surface area contributed by atoms with Crippen molar-refractivity contribution < 1.29 is 9.53 Å². The van der Waals surface area contributed by atoms with E-state index in [1.165, 1.54) is 11.3 Å². The molecule has 1 fully saturated rings. The second-order valence-corrected chi connectivity index (χ2v) is 5.17. The number of amides is 2. The predicted molar refractivity (Wildman–Crippen MR) is 75.1 cm³/mol. The van der Waals surface area contributed by atoms with E-state index in [4.69, 9.17) is 4.74 Å². The molecule has 0 bridgehead atoms. The predicted octanol–water partition coefficient (Wildman–Crippen LogP) is 2.40. The lowest BCUT2D eigenvalue weighted by atomic mass is 10.4. The Bertz CT molecular complexity index is 544. The monoisotopic (exact) mass is 277 g/mol. The van der Waals surface area contributed by atoms with Gasteiger partial charge in [-0.15, -0.1) is 11.3 Å². The van der Waals surface area contributed by atoms with Gasteiger partial charge in [0.2, 0.25) is 0 Å². The van der Waals surface area contributed by atoms with Crippen molar-refractivity contribution in [2.24, 2.45) is 0 Å². The zero-order chi connectivity index (χ0) is 13.1. The van der Waals surface area contributed by atoms with Gasteiger partial charge in [-0.05, 0) is 23.6 Å². The van der Waals surface area contributed by atoms with Gasteiger partial charge in [0.15, 0.2) is 0 Å². The van der Waals surface area contributed by atoms with Gasteiger partial charge in [0.05, 0.1) is 18.9 Å². The highest BCUT2D eigenvalue weighted by molar-refractivity contribution is 7.14. The van der Waals surface area contributed by atoms with E-state index in [1.807, 2.05) is 40.5 Å². The van der Waals surface area contributed by atoms with Crippen LogP contribution in [0.15, 0.2) is 36.0 Å². The largest absolute Gasteiger partial charge is 0.378 e. The van der Waals surface area contributed by atoms with Crippen LogP contribution in [0.4, 0.5) is 9.80 Å². The third-order valence-corrected chi connectivity index (χ3v) is 3.86. The molecule has 0 aliphatic carbocycles. The molecule has 3 heterocycles. The van der Waals surface area contributed by atoms with Crippen LogP contribution in [0.25, 0.3) is 5.69 Å². The fourth-order valence-corrected chi connectivity index (χ4v) is 2.81. The van der Waals surface area contributed by atoms with Crippen LogP contribution in [-0.4, -0.2) is 41.8 Å². The number of hydrogen-bond donors (Lipinski definition) is 1. The Hall–Kier alpha value is -1.79. The summed E-state index contributed by atoms with van der Waals surface area (Å²) in [6.07, 6.45) is 3.93. The van der Waals surface area contributed by atoms with Crippen molar-refractivity contribution >= 4 is 22.4 Å². The molecule has 2 aromatic rings. The molecule has 1 N–H and O–H groups in total. The van der Waals surface area contributed by atoms with Crippen molar-refractivity contribution in [2.75, 3.05) is 31.6 Å². The molecule has 0 radical (unpaired) electrons. The minimum atomic E-state index is -0.0563. The fourth-order valence-electron chi connectivity index (χ4n) is 2.04. The van der Waals surface area contributed by atoms with Crippen LogP contribution in [0.3, 0.4) is 0 Å². The molecule has 3 rings (SSSR count). The first kappa shape index (κ1) is 12.3. The molecule has 2 amide bonds. The summed E-state index contributed by atoms with van der Waals surface area (Å²) in [6, 6.07) is 5.87. The zero-order valence-corrected chi connectivity index (χ0v) is 11.2. The lowest BCUT2D eigenvalue weighted by Crippen LogP contribution is -2.43. The summed E-state index contributed by atoms with van der Waals surface area (Å²) in [4.78, 5) is 13.9. The first-order valence-electron chi connectivity index (χ1n) is 6.19. The number of nitrogens with zero attached hydrogens (tertiary/aromatic N) is 2. The first-order chi connectivity index (χ1) is 9.34. The highest BCUT2D eigenvalue weighted by Crippen LogP contribution is 2.27. The molecule has 2 aromatic heterocycles. The summed E-state index contributed by atoms with van der Waals surface area (Å²) in [6.45, 7) is 2.52. The molecule has 1 aliphatic rings. The van der Waals surface area contributed by atoms with Gasteiger partial charge in [-0.3, -0.25) is 5.32 Å². The SMILES string of the molecule is O=C(Nc1sccc1-n1cccc1)N1CCOCC1. The highest BCUT2D eigenvalue weighted by atomic mass is 32.1. The van der Waals surface area contributed by atoms with E-state index in [0.29, 0.717) is 26.3 Å². The van der Waals surface area contributed by atoms with Crippen LogP contribution in [0, 0.1) is 0 Å². The maximum absolute atomic E-state index is 12.1. The Labute approximate surface area is 115 Å². The molecule has 19 heavy (non-hydrogen) atoms. The van der Waals surface area contributed by atoms with Gasteiger partial charge in [-0.1, -0.05) is 0 Å². The normalized spacial score (nSPS) is 15.5. The van der Waals surface area contributed by atoms with Crippen molar-refractivity contribution in [1.29, 1.82) is 0 Å². The number of carbonyl (C=O) groups excluding carboxylic acids is 1. The van der Waals surface area contributed by atoms with E-state index in [-0.39, 0.29) is 6.03 Å². The van der Waals surface area contributed by atoms with Crippen LogP contribution in [0.2, 0.25) is 0 Å². The average Bonchev–Trinajstić information content (AvgIpc) is 3.10.